The molecule has 12 heteroatoms. The lowest BCUT2D eigenvalue weighted by molar-refractivity contribution is -0.135. The summed E-state index contributed by atoms with van der Waals surface area (Å²) in [5.41, 5.74) is 8.90. The van der Waals surface area contributed by atoms with E-state index in [1.165, 1.54) is 4.90 Å². The van der Waals surface area contributed by atoms with Crippen LogP contribution in [-0.2, 0) is 45.4 Å². The Labute approximate surface area is 256 Å². The van der Waals surface area contributed by atoms with E-state index in [2.05, 4.69) is 5.32 Å². The first kappa shape index (κ1) is 34.6. The average Bonchev–Trinajstić information content (AvgIpc) is 2.97. The van der Waals surface area contributed by atoms with Gasteiger partial charge >= 0.3 is 6.09 Å². The Morgan fingerprint density at radius 3 is 2.23 bits per heavy atom. The van der Waals surface area contributed by atoms with E-state index in [4.69, 9.17) is 10.5 Å². The van der Waals surface area contributed by atoms with Crippen molar-refractivity contribution < 1.29 is 36.6 Å². The Balaban J connectivity index is 1.83. The molecule has 0 aromatic heterocycles. The molecule has 0 aliphatic carbocycles. The van der Waals surface area contributed by atoms with Crippen molar-refractivity contribution in [1.29, 1.82) is 0 Å². The van der Waals surface area contributed by atoms with Crippen LogP contribution in [0.3, 0.4) is 0 Å². The van der Waals surface area contributed by atoms with Crippen molar-refractivity contribution in [3.05, 3.63) is 107 Å². The van der Waals surface area contributed by atoms with E-state index in [9.17, 15) is 31.9 Å². The highest BCUT2D eigenvalue weighted by atomic mass is 32.2. The Bertz CT molecular complexity index is 1490. The third kappa shape index (κ3) is 11.7. The van der Waals surface area contributed by atoms with Crippen LogP contribution in [0.4, 0.5) is 13.6 Å². The van der Waals surface area contributed by atoms with Gasteiger partial charge in [-0.15, -0.1) is 0 Å². The Kier molecular flexibility index (Phi) is 12.8. The summed E-state index contributed by atoms with van der Waals surface area (Å²) in [4.78, 5) is 28.0. The predicted molar refractivity (Wildman–Crippen MR) is 163 cm³/mol. The molecule has 44 heavy (non-hydrogen) atoms. The van der Waals surface area contributed by atoms with Gasteiger partial charge in [-0.2, -0.15) is 0 Å². The quantitative estimate of drug-likeness (QED) is 0.233. The van der Waals surface area contributed by atoms with Crippen LogP contribution in [0.5, 0.6) is 0 Å². The summed E-state index contributed by atoms with van der Waals surface area (Å²) in [5.74, 6) is -2.62. The molecule has 3 rings (SSSR count). The van der Waals surface area contributed by atoms with Crippen LogP contribution >= 0.6 is 0 Å². The van der Waals surface area contributed by atoms with Crippen LogP contribution in [0.15, 0.2) is 72.8 Å². The number of carbonyl (C=O) groups is 2. The largest absolute Gasteiger partial charge is 0.445 e. The fourth-order valence-corrected chi connectivity index (χ4v) is 5.28. The number of aliphatic hydroxyl groups excluding tert-OH is 1. The average molecular weight is 632 g/mol. The van der Waals surface area contributed by atoms with E-state index in [0.717, 1.165) is 47.6 Å². The number of rotatable bonds is 15. The smallest absolute Gasteiger partial charge is 0.408 e. The zero-order valence-corrected chi connectivity index (χ0v) is 25.6. The number of nitrogens with one attached hydrogen (secondary N) is 1. The van der Waals surface area contributed by atoms with Crippen molar-refractivity contribution in [3.63, 3.8) is 0 Å². The zero-order valence-electron chi connectivity index (χ0n) is 24.8. The summed E-state index contributed by atoms with van der Waals surface area (Å²) in [7, 11) is -3.51. The van der Waals surface area contributed by atoms with Gasteiger partial charge in [0.15, 0.2) is 0 Å². The standard InChI is InChI=1S/C32H39F2N3O6S/c1-3-22-10-7-11-24(14-22)19-37(20-30(38)28(35)17-25-15-26(33)18-27(34)16-25)31(39)29(12-13-44(2,41)42)36-32(40)43-21-23-8-5-4-6-9-23/h4-11,14-16,18,28-30,38H,3,12-13,17,19-21,35H2,1-2H3,(H,36,40)/t28-,29+,30+/m0/s1. The van der Waals surface area contributed by atoms with E-state index in [0.29, 0.717) is 0 Å². The molecule has 9 nitrogen and oxygen atoms in total. The summed E-state index contributed by atoms with van der Waals surface area (Å²) in [6.07, 6.45) is -0.808. The molecule has 0 spiro atoms. The molecule has 3 aromatic rings. The number of alkyl carbamates (subject to hydrolysis) is 1. The lowest BCUT2D eigenvalue weighted by Gasteiger charge is -2.31. The maximum Gasteiger partial charge on any atom is 0.408 e. The number of hydrogen-bond donors (Lipinski definition) is 3. The number of carbonyl (C=O) groups excluding carboxylic acids is 2. The number of sulfone groups is 1. The fraction of sp³-hybridized carbons (Fsp3) is 0.375. The second kappa shape index (κ2) is 16.3. The molecule has 3 atom stereocenters. The summed E-state index contributed by atoms with van der Waals surface area (Å²) in [5, 5.41) is 13.5. The van der Waals surface area contributed by atoms with Crippen molar-refractivity contribution in [1.82, 2.24) is 10.2 Å². The zero-order chi connectivity index (χ0) is 32.3. The summed E-state index contributed by atoms with van der Waals surface area (Å²) in [6.45, 7) is 1.62. The highest BCUT2D eigenvalue weighted by Crippen LogP contribution is 2.16. The number of halogens is 2. The molecule has 0 aliphatic rings. The summed E-state index contributed by atoms with van der Waals surface area (Å²) < 4.78 is 56.7. The van der Waals surface area contributed by atoms with E-state index in [1.54, 1.807) is 30.3 Å². The molecule has 0 heterocycles. The van der Waals surface area contributed by atoms with Gasteiger partial charge in [0.05, 0.1) is 11.9 Å². The number of nitrogens with two attached hydrogens (primary N) is 1. The maximum atomic E-state index is 13.9. The number of aliphatic hydroxyl groups is 1. The fourth-order valence-electron chi connectivity index (χ4n) is 4.62. The maximum absolute atomic E-state index is 13.9. The Morgan fingerprint density at radius 1 is 0.955 bits per heavy atom. The second-order valence-electron chi connectivity index (χ2n) is 10.8. The van der Waals surface area contributed by atoms with Crippen LogP contribution in [-0.4, -0.2) is 67.2 Å². The Morgan fingerprint density at radius 2 is 1.59 bits per heavy atom. The minimum absolute atomic E-state index is 0.0150. The van der Waals surface area contributed by atoms with E-state index >= 15 is 0 Å². The lowest BCUT2D eigenvalue weighted by Crippen LogP contribution is -2.53. The van der Waals surface area contributed by atoms with Crippen LogP contribution < -0.4 is 11.1 Å². The second-order valence-corrected chi connectivity index (χ2v) is 13.0. The van der Waals surface area contributed by atoms with E-state index < -0.39 is 57.4 Å². The third-order valence-electron chi connectivity index (χ3n) is 6.96. The van der Waals surface area contributed by atoms with Gasteiger partial charge in [-0.3, -0.25) is 4.79 Å². The first-order valence-corrected chi connectivity index (χ1v) is 16.3. The Hall–Kier alpha value is -3.87. The molecule has 0 saturated carbocycles. The minimum Gasteiger partial charge on any atom is -0.445 e. The highest BCUT2D eigenvalue weighted by molar-refractivity contribution is 7.90. The molecule has 238 valence electrons. The van der Waals surface area contributed by atoms with Gasteiger partial charge in [0, 0.05) is 31.5 Å². The van der Waals surface area contributed by atoms with E-state index in [-0.39, 0.29) is 38.1 Å². The van der Waals surface area contributed by atoms with Gasteiger partial charge in [-0.1, -0.05) is 61.5 Å². The van der Waals surface area contributed by atoms with Crippen molar-refractivity contribution in [2.24, 2.45) is 5.73 Å². The minimum atomic E-state index is -3.51. The normalized spacial score (nSPS) is 13.5. The summed E-state index contributed by atoms with van der Waals surface area (Å²) >= 11 is 0. The van der Waals surface area contributed by atoms with Gasteiger partial charge < -0.3 is 25.8 Å². The first-order chi connectivity index (χ1) is 20.8. The summed E-state index contributed by atoms with van der Waals surface area (Å²) in [6, 6.07) is 17.0. The molecule has 0 unspecified atom stereocenters. The van der Waals surface area contributed by atoms with Crippen molar-refractivity contribution >= 4 is 21.8 Å². The number of nitrogens with zero attached hydrogens (tertiary/aromatic N) is 1. The highest BCUT2D eigenvalue weighted by Gasteiger charge is 2.30. The molecule has 3 aromatic carbocycles. The van der Waals surface area contributed by atoms with Gasteiger partial charge in [-0.25, -0.2) is 22.0 Å². The van der Waals surface area contributed by atoms with Crippen molar-refractivity contribution in [3.8, 4) is 0 Å². The van der Waals surface area contributed by atoms with Gasteiger partial charge in [0.2, 0.25) is 5.91 Å². The number of hydrogen-bond acceptors (Lipinski definition) is 7. The lowest BCUT2D eigenvalue weighted by atomic mass is 10.0. The third-order valence-corrected chi connectivity index (χ3v) is 7.94. The molecule has 0 fully saturated rings. The van der Waals surface area contributed by atoms with Crippen LogP contribution in [0.25, 0.3) is 0 Å². The van der Waals surface area contributed by atoms with Crippen molar-refractivity contribution in [2.75, 3.05) is 18.6 Å². The molecule has 2 amide bonds. The van der Waals surface area contributed by atoms with Gasteiger partial charge in [0.25, 0.3) is 0 Å². The monoisotopic (exact) mass is 631 g/mol. The molecular formula is C32H39F2N3O6S. The number of aryl methyl sites for hydroxylation is 1. The van der Waals surface area contributed by atoms with Crippen molar-refractivity contribution in [2.45, 2.75) is 57.5 Å². The predicted octanol–water partition coefficient (Wildman–Crippen LogP) is 3.52. The molecular weight excluding hydrogens is 592 g/mol. The molecule has 0 aliphatic heterocycles. The molecule has 0 radical (unpaired) electrons. The van der Waals surface area contributed by atoms with E-state index in [1.807, 2.05) is 31.2 Å². The van der Waals surface area contributed by atoms with Crippen LogP contribution in [0, 0.1) is 11.6 Å². The topological polar surface area (TPSA) is 139 Å². The van der Waals surface area contributed by atoms with Gasteiger partial charge in [0.1, 0.15) is 34.1 Å². The number of benzene rings is 3. The van der Waals surface area contributed by atoms with Gasteiger partial charge in [-0.05, 0) is 53.6 Å². The number of amides is 2. The molecule has 4 N–H and O–H groups in total. The molecule has 0 bridgehead atoms. The number of ether oxygens (including phenoxy) is 1. The SMILES string of the molecule is CCc1cccc(CN(C[C@@H](O)[C@@H](N)Cc2cc(F)cc(F)c2)C(=O)[C@@H](CCS(C)(=O)=O)NC(=O)OCc2ccccc2)c1. The molecule has 0 saturated heterocycles. The first-order valence-electron chi connectivity index (χ1n) is 14.2. The van der Waals surface area contributed by atoms with Crippen LogP contribution in [0.2, 0.25) is 0 Å². The van der Waals surface area contributed by atoms with Crippen LogP contribution in [0.1, 0.15) is 35.6 Å².